The maximum absolute atomic E-state index is 13.0. The van der Waals surface area contributed by atoms with Crippen molar-refractivity contribution in [3.8, 4) is 0 Å². The Kier molecular flexibility index (Phi) is 5.25. The summed E-state index contributed by atoms with van der Waals surface area (Å²) in [6.45, 7) is 3.86. The summed E-state index contributed by atoms with van der Waals surface area (Å²) in [6, 6.07) is 13.3. The van der Waals surface area contributed by atoms with Crippen LogP contribution in [0.3, 0.4) is 0 Å². The molecule has 0 aliphatic carbocycles. The van der Waals surface area contributed by atoms with Crippen molar-refractivity contribution >= 4 is 27.9 Å². The molecule has 0 saturated carbocycles. The van der Waals surface area contributed by atoms with Gasteiger partial charge in [-0.15, -0.1) is 0 Å². The van der Waals surface area contributed by atoms with E-state index in [0.717, 1.165) is 28.1 Å². The van der Waals surface area contributed by atoms with Crippen LogP contribution in [0.15, 0.2) is 57.9 Å². The molecule has 0 fully saturated rings. The van der Waals surface area contributed by atoms with E-state index in [1.54, 1.807) is 6.07 Å². The molecule has 2 rings (SSSR count). The third-order valence-electron chi connectivity index (χ3n) is 3.15. The van der Waals surface area contributed by atoms with E-state index in [0.29, 0.717) is 0 Å². The first-order valence-corrected chi connectivity index (χ1v) is 8.17. The van der Waals surface area contributed by atoms with Gasteiger partial charge >= 0.3 is 6.18 Å². The van der Waals surface area contributed by atoms with Crippen LogP contribution < -0.4 is 4.72 Å². The highest BCUT2D eigenvalue weighted by Gasteiger charge is 2.33. The molecule has 0 amide bonds. The van der Waals surface area contributed by atoms with Gasteiger partial charge in [0.15, 0.2) is 0 Å². The largest absolute Gasteiger partial charge is 0.417 e. The Labute approximate surface area is 140 Å². The summed E-state index contributed by atoms with van der Waals surface area (Å²) in [5.41, 5.74) is -0.121. The van der Waals surface area contributed by atoms with Crippen LogP contribution >= 0.6 is 27.9 Å². The minimum Gasteiger partial charge on any atom is -0.250 e. The third kappa shape index (κ3) is 4.27. The topological polar surface area (TPSA) is 12.0 Å². The van der Waals surface area contributed by atoms with Gasteiger partial charge in [-0.25, -0.2) is 4.72 Å². The van der Waals surface area contributed by atoms with Crippen LogP contribution in [0.1, 0.15) is 25.0 Å². The maximum Gasteiger partial charge on any atom is 0.417 e. The van der Waals surface area contributed by atoms with Crippen molar-refractivity contribution in [2.75, 3.05) is 0 Å². The molecule has 0 aromatic heterocycles. The summed E-state index contributed by atoms with van der Waals surface area (Å²) in [7, 11) is 0. The van der Waals surface area contributed by atoms with Crippen LogP contribution in [0.5, 0.6) is 0 Å². The fourth-order valence-electron chi connectivity index (χ4n) is 1.91. The molecule has 0 saturated heterocycles. The molecule has 118 valence electrons. The molecule has 0 bridgehead atoms. The molecule has 0 aliphatic heterocycles. The van der Waals surface area contributed by atoms with Gasteiger partial charge in [0.25, 0.3) is 0 Å². The first kappa shape index (κ1) is 17.4. The Morgan fingerprint density at radius 3 is 2.32 bits per heavy atom. The molecule has 1 nitrogen and oxygen atoms in total. The van der Waals surface area contributed by atoms with E-state index < -0.39 is 17.3 Å². The molecule has 0 unspecified atom stereocenters. The van der Waals surface area contributed by atoms with Crippen molar-refractivity contribution in [1.29, 1.82) is 0 Å². The monoisotopic (exact) mass is 389 g/mol. The number of benzene rings is 2. The zero-order chi connectivity index (χ0) is 16.4. The van der Waals surface area contributed by atoms with Gasteiger partial charge in [-0.05, 0) is 55.6 Å². The summed E-state index contributed by atoms with van der Waals surface area (Å²) < 4.78 is 43.0. The lowest BCUT2D eigenvalue weighted by molar-refractivity contribution is -0.139. The highest BCUT2D eigenvalue weighted by Crippen LogP contribution is 2.37. The lowest BCUT2D eigenvalue weighted by Crippen LogP contribution is -2.31. The molecule has 0 spiro atoms. The molecule has 0 heterocycles. The zero-order valence-corrected chi connectivity index (χ0v) is 14.4. The van der Waals surface area contributed by atoms with Crippen LogP contribution in [0, 0.1) is 0 Å². The van der Waals surface area contributed by atoms with E-state index in [1.807, 2.05) is 38.1 Å². The molecule has 1 N–H and O–H groups in total. The third-order valence-corrected chi connectivity index (χ3v) is 4.84. The lowest BCUT2D eigenvalue weighted by Gasteiger charge is -2.27. The van der Waals surface area contributed by atoms with Crippen molar-refractivity contribution in [2.45, 2.75) is 30.5 Å². The van der Waals surface area contributed by atoms with Crippen LogP contribution in [0.25, 0.3) is 0 Å². The first-order chi connectivity index (χ1) is 10.2. The molecule has 0 aliphatic rings. The summed E-state index contributed by atoms with van der Waals surface area (Å²) in [4.78, 5) is 0.165. The predicted octanol–water partition coefficient (Wildman–Crippen LogP) is 6.00. The maximum atomic E-state index is 13.0. The number of hydrogen-bond acceptors (Lipinski definition) is 2. The normalized spacial score (nSPS) is 12.5. The fraction of sp³-hybridized carbons (Fsp3) is 0.250. The quantitative estimate of drug-likeness (QED) is 0.643. The SMILES string of the molecule is CC(C)(NSc1ccccc1C(F)(F)F)c1cccc(Br)c1. The Morgan fingerprint density at radius 1 is 1.00 bits per heavy atom. The number of alkyl halides is 3. The van der Waals surface area contributed by atoms with Crippen LogP contribution in [0.4, 0.5) is 13.2 Å². The van der Waals surface area contributed by atoms with Crippen LogP contribution in [-0.4, -0.2) is 0 Å². The van der Waals surface area contributed by atoms with E-state index in [4.69, 9.17) is 0 Å². The fourth-order valence-corrected chi connectivity index (χ4v) is 3.23. The second-order valence-electron chi connectivity index (χ2n) is 5.33. The van der Waals surface area contributed by atoms with E-state index in [9.17, 15) is 13.2 Å². The van der Waals surface area contributed by atoms with Crippen LogP contribution in [-0.2, 0) is 11.7 Å². The van der Waals surface area contributed by atoms with Gasteiger partial charge in [-0.1, -0.05) is 40.2 Å². The van der Waals surface area contributed by atoms with Gasteiger partial charge in [0.1, 0.15) is 0 Å². The van der Waals surface area contributed by atoms with Crippen molar-refractivity contribution in [1.82, 2.24) is 4.72 Å². The predicted molar refractivity (Wildman–Crippen MR) is 87.6 cm³/mol. The Balaban J connectivity index is 2.20. The van der Waals surface area contributed by atoms with Crippen molar-refractivity contribution in [2.24, 2.45) is 0 Å². The molecular formula is C16H15BrF3NS. The first-order valence-electron chi connectivity index (χ1n) is 6.56. The minimum atomic E-state index is -4.36. The summed E-state index contributed by atoms with van der Waals surface area (Å²) >= 11 is 4.40. The minimum absolute atomic E-state index is 0.165. The average molecular weight is 390 g/mol. The van der Waals surface area contributed by atoms with E-state index in [2.05, 4.69) is 20.7 Å². The van der Waals surface area contributed by atoms with E-state index in [-0.39, 0.29) is 4.90 Å². The van der Waals surface area contributed by atoms with Gasteiger partial charge in [0.05, 0.1) is 5.56 Å². The Morgan fingerprint density at radius 2 is 1.68 bits per heavy atom. The molecule has 22 heavy (non-hydrogen) atoms. The molecule has 2 aromatic rings. The number of rotatable bonds is 4. The summed E-state index contributed by atoms with van der Waals surface area (Å²) in [5.74, 6) is 0. The summed E-state index contributed by atoms with van der Waals surface area (Å²) in [6.07, 6.45) is -4.36. The second-order valence-corrected chi connectivity index (χ2v) is 7.10. The Bertz CT molecular complexity index is 656. The average Bonchev–Trinajstić information content (AvgIpc) is 2.44. The van der Waals surface area contributed by atoms with Gasteiger partial charge in [0, 0.05) is 14.9 Å². The molecule has 0 atom stereocenters. The van der Waals surface area contributed by atoms with Gasteiger partial charge in [-0.3, -0.25) is 0 Å². The van der Waals surface area contributed by atoms with E-state index >= 15 is 0 Å². The lowest BCUT2D eigenvalue weighted by atomic mass is 9.96. The number of halogens is 4. The number of nitrogens with one attached hydrogen (secondary N) is 1. The molecule has 0 radical (unpaired) electrons. The van der Waals surface area contributed by atoms with E-state index in [1.165, 1.54) is 12.1 Å². The highest BCUT2D eigenvalue weighted by atomic mass is 79.9. The highest BCUT2D eigenvalue weighted by molar-refractivity contribution is 9.10. The van der Waals surface area contributed by atoms with Gasteiger partial charge in [0.2, 0.25) is 0 Å². The smallest absolute Gasteiger partial charge is 0.250 e. The molecule has 6 heteroatoms. The number of hydrogen-bond donors (Lipinski definition) is 1. The zero-order valence-electron chi connectivity index (χ0n) is 12.0. The van der Waals surface area contributed by atoms with Crippen molar-refractivity contribution in [3.63, 3.8) is 0 Å². The second kappa shape index (κ2) is 6.64. The molecular weight excluding hydrogens is 375 g/mol. The Hall–Kier alpha value is -0.980. The molecule has 2 aromatic carbocycles. The summed E-state index contributed by atoms with van der Waals surface area (Å²) in [5, 5.41) is 0. The van der Waals surface area contributed by atoms with Crippen molar-refractivity contribution < 1.29 is 13.2 Å². The standard InChI is InChI=1S/C16H15BrF3NS/c1-15(2,11-6-5-7-12(17)10-11)21-22-14-9-4-3-8-13(14)16(18,19)20/h3-10,21H,1-2H3. The van der Waals surface area contributed by atoms with Gasteiger partial charge in [-0.2, -0.15) is 13.2 Å². The van der Waals surface area contributed by atoms with Crippen LogP contribution in [0.2, 0.25) is 0 Å². The van der Waals surface area contributed by atoms with Crippen molar-refractivity contribution in [3.05, 3.63) is 64.1 Å². The van der Waals surface area contributed by atoms with Gasteiger partial charge < -0.3 is 0 Å².